The van der Waals surface area contributed by atoms with Crippen LogP contribution in [-0.2, 0) is 27.5 Å². The fraction of sp³-hybridized carbons (Fsp3) is 0.368. The number of aromatic nitrogens is 1. The molecule has 138 valence electrons. The molecule has 2 heterocycles. The van der Waals surface area contributed by atoms with E-state index in [1.165, 1.54) is 19.4 Å². The van der Waals surface area contributed by atoms with E-state index < -0.39 is 11.4 Å². The number of carbonyl (C=O) groups is 1. The first kappa shape index (κ1) is 18.2. The second kappa shape index (κ2) is 8.16. The zero-order valence-electron chi connectivity index (χ0n) is 14.8. The standard InChI is InChI=1S/C19H21NO6/c1-23-8-3-9-25-14-4-5-15-13(10-14)6-7-20-12-16(19(22)26-24-2)18(21)11-17(15)20/h4-5,10-12H,3,6-9H2,1-2H3. The van der Waals surface area contributed by atoms with Crippen LogP contribution < -0.4 is 10.2 Å². The predicted octanol–water partition coefficient (Wildman–Crippen LogP) is 2.20. The Labute approximate surface area is 151 Å². The van der Waals surface area contributed by atoms with E-state index in [1.54, 1.807) is 7.11 Å². The molecule has 3 rings (SSSR count). The van der Waals surface area contributed by atoms with Crippen molar-refractivity contribution in [3.63, 3.8) is 0 Å². The van der Waals surface area contributed by atoms with E-state index in [9.17, 15) is 9.59 Å². The van der Waals surface area contributed by atoms with E-state index >= 15 is 0 Å². The lowest BCUT2D eigenvalue weighted by molar-refractivity contribution is -0.216. The molecule has 0 amide bonds. The van der Waals surface area contributed by atoms with Crippen molar-refractivity contribution in [2.45, 2.75) is 19.4 Å². The monoisotopic (exact) mass is 359 g/mol. The van der Waals surface area contributed by atoms with E-state index in [0.29, 0.717) is 19.8 Å². The molecule has 2 aromatic rings. The first-order chi connectivity index (χ1) is 12.6. The molecular formula is C19H21NO6. The topological polar surface area (TPSA) is 76.0 Å². The SMILES string of the molecule is COCCCOc1ccc2c(c1)CCn1cc(C(=O)OOC)c(=O)cc1-2. The van der Waals surface area contributed by atoms with E-state index in [-0.39, 0.29) is 5.56 Å². The summed E-state index contributed by atoms with van der Waals surface area (Å²) in [4.78, 5) is 32.9. The van der Waals surface area contributed by atoms with Crippen LogP contribution in [0.1, 0.15) is 22.3 Å². The molecule has 7 nitrogen and oxygen atoms in total. The average molecular weight is 359 g/mol. The molecule has 0 saturated carbocycles. The maximum Gasteiger partial charge on any atom is 0.378 e. The van der Waals surface area contributed by atoms with Gasteiger partial charge in [0.15, 0.2) is 5.43 Å². The second-order valence-electron chi connectivity index (χ2n) is 5.93. The molecule has 1 aromatic carbocycles. The predicted molar refractivity (Wildman–Crippen MR) is 94.3 cm³/mol. The smallest absolute Gasteiger partial charge is 0.378 e. The van der Waals surface area contributed by atoms with Crippen molar-refractivity contribution in [3.8, 4) is 17.0 Å². The number of hydrogen-bond donors (Lipinski definition) is 0. The van der Waals surface area contributed by atoms with Gasteiger partial charge in [0.25, 0.3) is 0 Å². The number of rotatable bonds is 7. The number of hydrogen-bond acceptors (Lipinski definition) is 6. The van der Waals surface area contributed by atoms with Gasteiger partial charge in [0.1, 0.15) is 11.3 Å². The van der Waals surface area contributed by atoms with Gasteiger partial charge in [0.2, 0.25) is 0 Å². The minimum Gasteiger partial charge on any atom is -0.493 e. The second-order valence-corrected chi connectivity index (χ2v) is 5.93. The third-order valence-electron chi connectivity index (χ3n) is 4.24. The molecule has 0 spiro atoms. The van der Waals surface area contributed by atoms with Crippen LogP contribution in [0.25, 0.3) is 11.3 Å². The first-order valence-corrected chi connectivity index (χ1v) is 8.38. The number of nitrogens with zero attached hydrogens (tertiary/aromatic N) is 1. The summed E-state index contributed by atoms with van der Waals surface area (Å²) < 4.78 is 12.6. The van der Waals surface area contributed by atoms with Gasteiger partial charge >= 0.3 is 5.97 Å². The molecule has 1 aliphatic rings. The summed E-state index contributed by atoms with van der Waals surface area (Å²) >= 11 is 0. The number of benzene rings is 1. The number of aryl methyl sites for hydroxylation is 2. The molecule has 0 bridgehead atoms. The van der Waals surface area contributed by atoms with Crippen LogP contribution in [0.2, 0.25) is 0 Å². The summed E-state index contributed by atoms with van der Waals surface area (Å²) in [6, 6.07) is 7.30. The fourth-order valence-electron chi connectivity index (χ4n) is 3.02. The molecule has 1 aliphatic heterocycles. The Morgan fingerprint density at radius 3 is 2.81 bits per heavy atom. The van der Waals surface area contributed by atoms with Gasteiger partial charge in [-0.15, -0.1) is 0 Å². The van der Waals surface area contributed by atoms with Crippen LogP contribution in [0.3, 0.4) is 0 Å². The van der Waals surface area contributed by atoms with E-state index in [2.05, 4.69) is 9.78 Å². The molecule has 1 aromatic heterocycles. The lowest BCUT2D eigenvalue weighted by Gasteiger charge is -2.23. The molecule has 7 heteroatoms. The number of ether oxygens (including phenoxy) is 2. The van der Waals surface area contributed by atoms with Gasteiger partial charge in [0, 0.05) is 44.5 Å². The fourth-order valence-corrected chi connectivity index (χ4v) is 3.02. The summed E-state index contributed by atoms with van der Waals surface area (Å²) in [5.41, 5.74) is 2.41. The Kier molecular flexibility index (Phi) is 5.70. The molecule has 0 N–H and O–H groups in total. The summed E-state index contributed by atoms with van der Waals surface area (Å²) in [5, 5.41) is 0. The van der Waals surface area contributed by atoms with Crippen LogP contribution in [0.4, 0.5) is 0 Å². The Morgan fingerprint density at radius 2 is 2.04 bits per heavy atom. The van der Waals surface area contributed by atoms with Crippen molar-refractivity contribution < 1.29 is 24.0 Å². The minimum absolute atomic E-state index is 0.0443. The van der Waals surface area contributed by atoms with Gasteiger partial charge in [-0.2, -0.15) is 4.89 Å². The summed E-state index contributed by atoms with van der Waals surface area (Å²) in [5.74, 6) is 0.00865. The molecule has 26 heavy (non-hydrogen) atoms. The Balaban J connectivity index is 1.86. The number of methoxy groups -OCH3 is 1. The molecule has 0 aliphatic carbocycles. The first-order valence-electron chi connectivity index (χ1n) is 8.38. The van der Waals surface area contributed by atoms with Gasteiger partial charge in [-0.05, 0) is 30.2 Å². The summed E-state index contributed by atoms with van der Waals surface area (Å²) in [6.07, 6.45) is 3.13. The quantitative estimate of drug-likeness (QED) is 0.429. The maximum absolute atomic E-state index is 12.3. The third kappa shape index (κ3) is 3.79. The third-order valence-corrected chi connectivity index (χ3v) is 4.24. The van der Waals surface area contributed by atoms with Crippen molar-refractivity contribution in [2.75, 3.05) is 27.4 Å². The van der Waals surface area contributed by atoms with Crippen LogP contribution >= 0.6 is 0 Å². The van der Waals surface area contributed by atoms with Crippen LogP contribution in [0.15, 0.2) is 35.3 Å². The van der Waals surface area contributed by atoms with Crippen LogP contribution in [0, 0.1) is 0 Å². The number of carbonyl (C=O) groups excluding carboxylic acids is 1. The lowest BCUT2D eigenvalue weighted by atomic mass is 9.96. The minimum atomic E-state index is -0.793. The van der Waals surface area contributed by atoms with Crippen LogP contribution in [-0.4, -0.2) is 38.0 Å². The zero-order valence-corrected chi connectivity index (χ0v) is 14.8. The summed E-state index contributed by atoms with van der Waals surface area (Å²) in [7, 11) is 2.89. The molecule has 0 radical (unpaired) electrons. The van der Waals surface area contributed by atoms with Gasteiger partial charge in [0.05, 0.1) is 19.4 Å². The van der Waals surface area contributed by atoms with E-state index in [1.807, 2.05) is 22.8 Å². The highest BCUT2D eigenvalue weighted by Gasteiger charge is 2.21. The number of fused-ring (bicyclic) bond motifs is 3. The molecule has 0 unspecified atom stereocenters. The normalized spacial score (nSPS) is 12.2. The average Bonchev–Trinajstić information content (AvgIpc) is 2.64. The highest BCUT2D eigenvalue weighted by molar-refractivity contribution is 5.89. The molecule has 0 atom stereocenters. The van der Waals surface area contributed by atoms with Gasteiger partial charge in [-0.3, -0.25) is 9.68 Å². The zero-order chi connectivity index (χ0) is 18.5. The summed E-state index contributed by atoms with van der Waals surface area (Å²) in [6.45, 7) is 1.91. The van der Waals surface area contributed by atoms with Gasteiger partial charge in [-0.25, -0.2) is 4.79 Å². The highest BCUT2D eigenvalue weighted by atomic mass is 17.2. The Hall–Kier alpha value is -2.64. The highest BCUT2D eigenvalue weighted by Crippen LogP contribution is 2.31. The Morgan fingerprint density at radius 1 is 1.19 bits per heavy atom. The molecular weight excluding hydrogens is 338 g/mol. The van der Waals surface area contributed by atoms with Crippen molar-refractivity contribution >= 4 is 5.97 Å². The molecule has 0 fully saturated rings. The van der Waals surface area contributed by atoms with Gasteiger partial charge in [-0.1, -0.05) is 0 Å². The number of pyridine rings is 1. The van der Waals surface area contributed by atoms with Crippen molar-refractivity contribution in [3.05, 3.63) is 51.8 Å². The molecule has 0 saturated heterocycles. The van der Waals surface area contributed by atoms with Crippen molar-refractivity contribution in [2.24, 2.45) is 0 Å². The maximum atomic E-state index is 12.3. The van der Waals surface area contributed by atoms with Gasteiger partial charge < -0.3 is 14.0 Å². The lowest BCUT2D eigenvalue weighted by Crippen LogP contribution is -2.23. The van der Waals surface area contributed by atoms with Crippen LogP contribution in [0.5, 0.6) is 5.75 Å². The van der Waals surface area contributed by atoms with E-state index in [4.69, 9.17) is 9.47 Å². The van der Waals surface area contributed by atoms with Crippen molar-refractivity contribution in [1.29, 1.82) is 0 Å². The Bertz CT molecular complexity index is 858. The largest absolute Gasteiger partial charge is 0.493 e. The van der Waals surface area contributed by atoms with E-state index in [0.717, 1.165) is 35.4 Å². The van der Waals surface area contributed by atoms with Crippen molar-refractivity contribution in [1.82, 2.24) is 4.57 Å².